The van der Waals surface area contributed by atoms with Gasteiger partial charge in [0.05, 0.1) is 0 Å². The lowest BCUT2D eigenvalue weighted by Gasteiger charge is -2.17. The highest BCUT2D eigenvalue weighted by molar-refractivity contribution is 5.94. The van der Waals surface area contributed by atoms with Crippen molar-refractivity contribution in [3.63, 3.8) is 0 Å². The summed E-state index contributed by atoms with van der Waals surface area (Å²) in [6, 6.07) is 12.8. The largest absolute Gasteiger partial charge is 0.481 e. The summed E-state index contributed by atoms with van der Waals surface area (Å²) < 4.78 is 5.67. The van der Waals surface area contributed by atoms with E-state index >= 15 is 0 Å². The Morgan fingerprint density at radius 2 is 1.89 bits per heavy atom. The minimum absolute atomic E-state index is 0.155. The number of amides is 1. The van der Waals surface area contributed by atoms with Crippen LogP contribution in [-0.2, 0) is 4.79 Å². The molecule has 4 nitrogen and oxygen atoms in total. The molecule has 2 rings (SSSR count). The molecule has 4 heteroatoms. The summed E-state index contributed by atoms with van der Waals surface area (Å²) in [4.78, 5) is 16.0. The third kappa shape index (κ3) is 3.81. The van der Waals surface area contributed by atoms with E-state index in [2.05, 4.69) is 10.3 Å². The quantitative estimate of drug-likeness (QED) is 0.895. The monoisotopic (exact) mass is 256 g/mol. The van der Waals surface area contributed by atoms with Gasteiger partial charge in [-0.3, -0.25) is 9.78 Å². The lowest BCUT2D eigenvalue weighted by Crippen LogP contribution is -2.32. The molecule has 19 heavy (non-hydrogen) atoms. The van der Waals surface area contributed by atoms with E-state index in [-0.39, 0.29) is 5.91 Å². The second-order valence-corrected chi connectivity index (χ2v) is 4.05. The van der Waals surface area contributed by atoms with Crippen LogP contribution in [0.5, 0.6) is 5.75 Å². The standard InChI is InChI=1S/C15H16N2O2/c1-2-14(19-13-6-4-3-5-7-13)15(18)17-12-8-10-16-11-9-12/h3-11,14H,2H2,1H3,(H,16,17,18)/t14-/m0/s1. The Morgan fingerprint density at radius 3 is 2.53 bits per heavy atom. The Balaban J connectivity index is 2.00. The number of hydrogen-bond acceptors (Lipinski definition) is 3. The lowest BCUT2D eigenvalue weighted by atomic mass is 10.2. The maximum absolute atomic E-state index is 12.1. The molecule has 98 valence electrons. The average Bonchev–Trinajstić information content (AvgIpc) is 2.47. The molecule has 2 aromatic rings. The molecular weight excluding hydrogens is 240 g/mol. The van der Waals surface area contributed by atoms with Gasteiger partial charge in [0.15, 0.2) is 6.10 Å². The van der Waals surface area contributed by atoms with E-state index in [1.54, 1.807) is 24.5 Å². The fraction of sp³-hybridized carbons (Fsp3) is 0.200. The van der Waals surface area contributed by atoms with E-state index in [0.717, 1.165) is 5.69 Å². The van der Waals surface area contributed by atoms with Gasteiger partial charge in [-0.2, -0.15) is 0 Å². The molecule has 1 aromatic carbocycles. The first-order chi connectivity index (χ1) is 9.29. The Kier molecular flexibility index (Phi) is 4.50. The number of ether oxygens (including phenoxy) is 1. The number of hydrogen-bond donors (Lipinski definition) is 1. The average molecular weight is 256 g/mol. The second-order valence-electron chi connectivity index (χ2n) is 4.05. The molecule has 0 aliphatic rings. The zero-order valence-corrected chi connectivity index (χ0v) is 10.7. The molecule has 0 unspecified atom stereocenters. The van der Waals surface area contributed by atoms with Crippen molar-refractivity contribution in [1.82, 2.24) is 4.98 Å². The van der Waals surface area contributed by atoms with Gasteiger partial charge in [-0.25, -0.2) is 0 Å². The Hall–Kier alpha value is -2.36. The molecule has 1 heterocycles. The number of rotatable bonds is 5. The molecule has 1 amide bonds. The van der Waals surface area contributed by atoms with Gasteiger partial charge in [-0.15, -0.1) is 0 Å². The zero-order chi connectivity index (χ0) is 13.5. The molecule has 0 spiro atoms. The Morgan fingerprint density at radius 1 is 1.21 bits per heavy atom. The van der Waals surface area contributed by atoms with Crippen LogP contribution >= 0.6 is 0 Å². The minimum Gasteiger partial charge on any atom is -0.481 e. The van der Waals surface area contributed by atoms with Crippen LogP contribution < -0.4 is 10.1 Å². The van der Waals surface area contributed by atoms with Crippen molar-refractivity contribution >= 4 is 11.6 Å². The molecule has 0 aliphatic carbocycles. The Labute approximate surface area is 112 Å². The van der Waals surface area contributed by atoms with Crippen molar-refractivity contribution in [2.45, 2.75) is 19.4 Å². The zero-order valence-electron chi connectivity index (χ0n) is 10.7. The van der Waals surface area contributed by atoms with Crippen molar-refractivity contribution in [1.29, 1.82) is 0 Å². The summed E-state index contributed by atoms with van der Waals surface area (Å²) >= 11 is 0. The van der Waals surface area contributed by atoms with Gasteiger partial charge in [0.1, 0.15) is 5.75 Å². The first-order valence-electron chi connectivity index (χ1n) is 6.22. The first-order valence-corrected chi connectivity index (χ1v) is 6.22. The van der Waals surface area contributed by atoms with Crippen LogP contribution in [0.25, 0.3) is 0 Å². The van der Waals surface area contributed by atoms with Crippen molar-refractivity contribution in [2.75, 3.05) is 5.32 Å². The van der Waals surface area contributed by atoms with Gasteiger partial charge in [0, 0.05) is 18.1 Å². The van der Waals surface area contributed by atoms with Crippen LogP contribution in [0, 0.1) is 0 Å². The third-order valence-electron chi connectivity index (χ3n) is 2.63. The van der Waals surface area contributed by atoms with Crippen molar-refractivity contribution in [3.05, 3.63) is 54.9 Å². The van der Waals surface area contributed by atoms with E-state index in [1.807, 2.05) is 37.3 Å². The molecule has 0 saturated heterocycles. The maximum atomic E-state index is 12.1. The van der Waals surface area contributed by atoms with Crippen LogP contribution in [0.3, 0.4) is 0 Å². The van der Waals surface area contributed by atoms with Gasteiger partial charge in [-0.1, -0.05) is 25.1 Å². The highest BCUT2D eigenvalue weighted by Crippen LogP contribution is 2.14. The van der Waals surface area contributed by atoms with Gasteiger partial charge >= 0.3 is 0 Å². The summed E-state index contributed by atoms with van der Waals surface area (Å²) in [5, 5.41) is 2.81. The molecule has 1 N–H and O–H groups in total. The number of carbonyl (C=O) groups is 1. The topological polar surface area (TPSA) is 51.2 Å². The van der Waals surface area contributed by atoms with E-state index in [1.165, 1.54) is 0 Å². The van der Waals surface area contributed by atoms with Gasteiger partial charge in [0.2, 0.25) is 0 Å². The normalized spacial score (nSPS) is 11.6. The molecule has 0 fully saturated rings. The fourth-order valence-corrected chi connectivity index (χ4v) is 1.64. The Bertz CT molecular complexity index is 514. The number of nitrogens with one attached hydrogen (secondary N) is 1. The van der Waals surface area contributed by atoms with Crippen molar-refractivity contribution < 1.29 is 9.53 Å². The van der Waals surface area contributed by atoms with Crippen LogP contribution in [-0.4, -0.2) is 17.0 Å². The molecular formula is C15H16N2O2. The summed E-state index contributed by atoms with van der Waals surface area (Å²) in [6.07, 6.45) is 3.37. The lowest BCUT2D eigenvalue weighted by molar-refractivity contribution is -0.122. The predicted octanol–water partition coefficient (Wildman–Crippen LogP) is 2.88. The number of pyridine rings is 1. The third-order valence-corrected chi connectivity index (χ3v) is 2.63. The van der Waals surface area contributed by atoms with Crippen LogP contribution in [0.15, 0.2) is 54.9 Å². The summed E-state index contributed by atoms with van der Waals surface area (Å²) in [7, 11) is 0. The fourth-order valence-electron chi connectivity index (χ4n) is 1.64. The van der Waals surface area contributed by atoms with E-state index < -0.39 is 6.10 Å². The molecule has 1 aromatic heterocycles. The first kappa shape index (κ1) is 13.1. The molecule has 0 aliphatic heterocycles. The van der Waals surface area contributed by atoms with E-state index in [9.17, 15) is 4.79 Å². The second kappa shape index (κ2) is 6.54. The molecule has 0 saturated carbocycles. The summed E-state index contributed by atoms with van der Waals surface area (Å²) in [5.41, 5.74) is 0.718. The van der Waals surface area contributed by atoms with Crippen LogP contribution in [0.4, 0.5) is 5.69 Å². The highest BCUT2D eigenvalue weighted by atomic mass is 16.5. The number of nitrogens with zero attached hydrogens (tertiary/aromatic N) is 1. The minimum atomic E-state index is -0.504. The highest BCUT2D eigenvalue weighted by Gasteiger charge is 2.18. The van der Waals surface area contributed by atoms with Gasteiger partial charge in [-0.05, 0) is 30.7 Å². The predicted molar refractivity (Wildman–Crippen MR) is 74.0 cm³/mol. The van der Waals surface area contributed by atoms with Gasteiger partial charge < -0.3 is 10.1 Å². The number of aromatic nitrogens is 1. The van der Waals surface area contributed by atoms with Crippen LogP contribution in [0.1, 0.15) is 13.3 Å². The molecule has 1 atom stereocenters. The number of para-hydroxylation sites is 1. The summed E-state index contributed by atoms with van der Waals surface area (Å²) in [5.74, 6) is 0.539. The number of anilines is 1. The maximum Gasteiger partial charge on any atom is 0.265 e. The number of carbonyl (C=O) groups excluding carboxylic acids is 1. The van der Waals surface area contributed by atoms with E-state index in [0.29, 0.717) is 12.2 Å². The number of benzene rings is 1. The van der Waals surface area contributed by atoms with Crippen LogP contribution in [0.2, 0.25) is 0 Å². The SMILES string of the molecule is CC[C@H](Oc1ccccc1)C(=O)Nc1ccncc1. The smallest absolute Gasteiger partial charge is 0.265 e. The van der Waals surface area contributed by atoms with E-state index in [4.69, 9.17) is 4.74 Å². The van der Waals surface area contributed by atoms with Crippen molar-refractivity contribution in [2.24, 2.45) is 0 Å². The summed E-state index contributed by atoms with van der Waals surface area (Å²) in [6.45, 7) is 1.92. The van der Waals surface area contributed by atoms with Gasteiger partial charge in [0.25, 0.3) is 5.91 Å². The molecule has 0 radical (unpaired) electrons. The van der Waals surface area contributed by atoms with Crippen molar-refractivity contribution in [3.8, 4) is 5.75 Å². The molecule has 0 bridgehead atoms.